The highest BCUT2D eigenvalue weighted by Gasteiger charge is 2.30. The van der Waals surface area contributed by atoms with E-state index < -0.39 is 6.10 Å². The zero-order chi connectivity index (χ0) is 18.6. The van der Waals surface area contributed by atoms with Gasteiger partial charge in [0, 0.05) is 36.4 Å². The minimum Gasteiger partial charge on any atom is -0.392 e. The summed E-state index contributed by atoms with van der Waals surface area (Å²) in [6.07, 6.45) is 2.04. The van der Waals surface area contributed by atoms with E-state index in [0.29, 0.717) is 6.54 Å². The van der Waals surface area contributed by atoms with Gasteiger partial charge in [0.25, 0.3) is 0 Å². The quantitative estimate of drug-likeness (QED) is 0.734. The number of urea groups is 1. The van der Waals surface area contributed by atoms with Crippen LogP contribution in [0.1, 0.15) is 46.1 Å². The molecular weight excluding hydrogens is 314 g/mol. The van der Waals surface area contributed by atoms with E-state index >= 15 is 0 Å². The molecule has 1 heterocycles. The Morgan fingerprint density at radius 1 is 1.28 bits per heavy atom. The Balaban J connectivity index is 1.92. The summed E-state index contributed by atoms with van der Waals surface area (Å²) < 4.78 is 0. The summed E-state index contributed by atoms with van der Waals surface area (Å²) in [5.41, 5.74) is 2.73. The van der Waals surface area contributed by atoms with Crippen molar-refractivity contribution < 1.29 is 9.90 Å². The molecule has 1 fully saturated rings. The highest BCUT2D eigenvalue weighted by Crippen LogP contribution is 2.26. The zero-order valence-electron chi connectivity index (χ0n) is 16.2. The zero-order valence-corrected chi connectivity index (χ0v) is 16.2. The second-order valence-electron chi connectivity index (χ2n) is 8.18. The fourth-order valence-corrected chi connectivity index (χ4v) is 3.44. The summed E-state index contributed by atoms with van der Waals surface area (Å²) in [5.74, 6) is 0.153. The van der Waals surface area contributed by atoms with E-state index in [4.69, 9.17) is 0 Å². The molecule has 1 unspecified atom stereocenters. The molecule has 0 aliphatic carbocycles. The first-order valence-corrected chi connectivity index (χ1v) is 9.29. The van der Waals surface area contributed by atoms with Crippen molar-refractivity contribution in [1.82, 2.24) is 5.32 Å². The molecule has 0 aromatic heterocycles. The average molecular weight is 348 g/mol. The Hall–Kier alpha value is -1.75. The van der Waals surface area contributed by atoms with Gasteiger partial charge < -0.3 is 20.6 Å². The molecule has 0 spiro atoms. The summed E-state index contributed by atoms with van der Waals surface area (Å²) in [6, 6.07) is 5.94. The van der Waals surface area contributed by atoms with Gasteiger partial charge in [-0.2, -0.15) is 0 Å². The summed E-state index contributed by atoms with van der Waals surface area (Å²) in [6.45, 7) is 12.6. The first kappa shape index (κ1) is 19.6. The fourth-order valence-electron chi connectivity index (χ4n) is 3.44. The SMILES string of the molecule is Cc1cc(N2CCCC2)ccc1NC(=O)NCC(C)(C)C(O)C(C)C. The number of aliphatic hydroxyl groups is 1. The van der Waals surface area contributed by atoms with Crippen LogP contribution in [-0.2, 0) is 0 Å². The van der Waals surface area contributed by atoms with E-state index in [1.807, 2.05) is 40.7 Å². The van der Waals surface area contributed by atoms with Crippen LogP contribution in [-0.4, -0.2) is 36.9 Å². The Kier molecular flexibility index (Phi) is 6.33. The van der Waals surface area contributed by atoms with Gasteiger partial charge in [-0.1, -0.05) is 27.7 Å². The molecule has 0 saturated carbocycles. The van der Waals surface area contributed by atoms with Gasteiger partial charge in [-0.3, -0.25) is 0 Å². The number of nitrogens with zero attached hydrogens (tertiary/aromatic N) is 1. The minimum absolute atomic E-state index is 0.153. The Morgan fingerprint density at radius 3 is 2.48 bits per heavy atom. The number of aryl methyl sites for hydroxylation is 1. The van der Waals surface area contributed by atoms with E-state index in [0.717, 1.165) is 24.3 Å². The molecule has 0 bridgehead atoms. The largest absolute Gasteiger partial charge is 0.392 e. The second kappa shape index (κ2) is 8.09. The summed E-state index contributed by atoms with van der Waals surface area (Å²) in [7, 11) is 0. The number of aliphatic hydroxyl groups excluding tert-OH is 1. The predicted octanol–water partition coefficient (Wildman–Crippen LogP) is 3.76. The van der Waals surface area contributed by atoms with E-state index in [1.165, 1.54) is 18.5 Å². The second-order valence-corrected chi connectivity index (χ2v) is 8.18. The number of nitrogens with one attached hydrogen (secondary N) is 2. The molecule has 2 rings (SSSR count). The standard InChI is InChI=1S/C20H33N3O2/c1-14(2)18(24)20(4,5)13-21-19(25)22-17-9-8-16(12-15(17)3)23-10-6-7-11-23/h8-9,12,14,18,24H,6-7,10-11,13H2,1-5H3,(H2,21,22,25). The summed E-state index contributed by atoms with van der Waals surface area (Å²) in [5, 5.41) is 16.1. The van der Waals surface area contributed by atoms with Gasteiger partial charge in [-0.05, 0) is 49.4 Å². The van der Waals surface area contributed by atoms with Crippen molar-refractivity contribution in [1.29, 1.82) is 0 Å². The molecule has 5 nitrogen and oxygen atoms in total. The highest BCUT2D eigenvalue weighted by atomic mass is 16.3. The average Bonchev–Trinajstić information content (AvgIpc) is 3.08. The molecule has 2 amide bonds. The van der Waals surface area contributed by atoms with Gasteiger partial charge in [-0.15, -0.1) is 0 Å². The van der Waals surface area contributed by atoms with Gasteiger partial charge in [-0.25, -0.2) is 4.79 Å². The van der Waals surface area contributed by atoms with E-state index in [-0.39, 0.29) is 17.4 Å². The van der Waals surface area contributed by atoms with Crippen molar-refractivity contribution in [2.24, 2.45) is 11.3 Å². The van der Waals surface area contributed by atoms with E-state index in [1.54, 1.807) is 0 Å². The Morgan fingerprint density at radius 2 is 1.92 bits per heavy atom. The lowest BCUT2D eigenvalue weighted by molar-refractivity contribution is 0.0154. The lowest BCUT2D eigenvalue weighted by Crippen LogP contribution is -2.44. The van der Waals surface area contributed by atoms with Gasteiger partial charge in [0.05, 0.1) is 6.10 Å². The number of benzene rings is 1. The van der Waals surface area contributed by atoms with Crippen LogP contribution in [0.3, 0.4) is 0 Å². The molecule has 140 valence electrons. The minimum atomic E-state index is -0.464. The third-order valence-corrected chi connectivity index (χ3v) is 5.07. The maximum atomic E-state index is 12.2. The van der Waals surface area contributed by atoms with Crippen LogP contribution >= 0.6 is 0 Å². The monoisotopic (exact) mass is 347 g/mol. The highest BCUT2D eigenvalue weighted by molar-refractivity contribution is 5.90. The topological polar surface area (TPSA) is 64.6 Å². The van der Waals surface area contributed by atoms with Crippen LogP contribution in [0.5, 0.6) is 0 Å². The predicted molar refractivity (Wildman–Crippen MR) is 104 cm³/mol. The molecule has 3 N–H and O–H groups in total. The van der Waals surface area contributed by atoms with E-state index in [9.17, 15) is 9.90 Å². The van der Waals surface area contributed by atoms with Gasteiger partial charge in [0.2, 0.25) is 0 Å². The van der Waals surface area contributed by atoms with Crippen LogP contribution in [0.2, 0.25) is 0 Å². The van der Waals surface area contributed by atoms with Crippen molar-refractivity contribution in [2.75, 3.05) is 29.9 Å². The van der Waals surface area contributed by atoms with Crippen molar-refractivity contribution >= 4 is 17.4 Å². The maximum absolute atomic E-state index is 12.2. The van der Waals surface area contributed by atoms with Crippen LogP contribution in [0.25, 0.3) is 0 Å². The van der Waals surface area contributed by atoms with Crippen LogP contribution in [0, 0.1) is 18.3 Å². The molecule has 0 radical (unpaired) electrons. The Bertz CT molecular complexity index is 593. The number of hydrogen-bond donors (Lipinski definition) is 3. The molecule has 25 heavy (non-hydrogen) atoms. The fraction of sp³-hybridized carbons (Fsp3) is 0.650. The first-order chi connectivity index (χ1) is 11.7. The maximum Gasteiger partial charge on any atom is 0.319 e. The number of carbonyl (C=O) groups is 1. The molecule has 1 aromatic carbocycles. The molecule has 5 heteroatoms. The Labute approximate surface area is 151 Å². The summed E-state index contributed by atoms with van der Waals surface area (Å²) in [4.78, 5) is 14.6. The molecular formula is C20H33N3O2. The van der Waals surface area contributed by atoms with Crippen molar-refractivity contribution in [3.8, 4) is 0 Å². The normalized spacial score (nSPS) is 16.2. The molecule has 1 saturated heterocycles. The van der Waals surface area contributed by atoms with Gasteiger partial charge >= 0.3 is 6.03 Å². The molecule has 1 aromatic rings. The lowest BCUT2D eigenvalue weighted by atomic mass is 9.81. The smallest absolute Gasteiger partial charge is 0.319 e. The molecule has 1 aliphatic heterocycles. The summed E-state index contributed by atoms with van der Waals surface area (Å²) >= 11 is 0. The number of anilines is 2. The van der Waals surface area contributed by atoms with Gasteiger partial charge in [0.15, 0.2) is 0 Å². The third kappa shape index (κ3) is 5.11. The number of carbonyl (C=O) groups excluding carboxylic acids is 1. The van der Waals surface area contributed by atoms with Crippen LogP contribution in [0.4, 0.5) is 16.2 Å². The van der Waals surface area contributed by atoms with Gasteiger partial charge in [0.1, 0.15) is 0 Å². The van der Waals surface area contributed by atoms with Crippen LogP contribution < -0.4 is 15.5 Å². The number of hydrogen-bond acceptors (Lipinski definition) is 3. The molecule has 1 atom stereocenters. The van der Waals surface area contributed by atoms with Crippen LogP contribution in [0.15, 0.2) is 18.2 Å². The van der Waals surface area contributed by atoms with Crippen molar-refractivity contribution in [3.05, 3.63) is 23.8 Å². The first-order valence-electron chi connectivity index (χ1n) is 9.29. The van der Waals surface area contributed by atoms with Crippen molar-refractivity contribution in [2.45, 2.75) is 53.6 Å². The number of rotatable bonds is 6. The number of amides is 2. The van der Waals surface area contributed by atoms with Crippen molar-refractivity contribution in [3.63, 3.8) is 0 Å². The van der Waals surface area contributed by atoms with E-state index in [2.05, 4.69) is 27.7 Å². The lowest BCUT2D eigenvalue weighted by Gasteiger charge is -2.33. The molecule has 1 aliphatic rings. The third-order valence-electron chi connectivity index (χ3n) is 5.07.